The van der Waals surface area contributed by atoms with Crippen LogP contribution in [0.1, 0.15) is 11.1 Å². The summed E-state index contributed by atoms with van der Waals surface area (Å²) in [5.74, 6) is -0.247. The van der Waals surface area contributed by atoms with E-state index in [0.29, 0.717) is 6.42 Å². The number of hydrogen-bond donors (Lipinski definition) is 3. The average molecular weight is 287 g/mol. The first kappa shape index (κ1) is 14.6. The Labute approximate surface area is 123 Å². The van der Waals surface area contributed by atoms with Crippen LogP contribution in [-0.4, -0.2) is 17.1 Å². The lowest BCUT2D eigenvalue weighted by atomic mass is 10.0. The minimum atomic E-state index is -0.976. The largest absolute Gasteiger partial charge is 0.480 e. The molecule has 0 aromatic heterocycles. The van der Waals surface area contributed by atoms with Gasteiger partial charge in [0.15, 0.2) is 0 Å². The molecule has 0 bridgehead atoms. The number of nitrogens with two attached hydrogens (primary N) is 1. The van der Waals surface area contributed by atoms with Crippen molar-refractivity contribution >= 4 is 18.6 Å². The first-order chi connectivity index (χ1) is 9.60. The fraction of sp³-hybridized carbons (Fsp3) is 0.188. The maximum absolute atomic E-state index is 10.7. The van der Waals surface area contributed by atoms with E-state index in [0.717, 1.165) is 22.4 Å². The molecule has 2 aromatic carbocycles. The number of hydrogen-bond acceptors (Lipinski definition) is 3. The number of carbonyl (C=O) groups is 1. The second-order valence-corrected chi connectivity index (χ2v) is 5.02. The third kappa shape index (κ3) is 3.62. The summed E-state index contributed by atoms with van der Waals surface area (Å²) in [6, 6.07) is 15.2. The molecular weight excluding hydrogens is 270 g/mol. The molecule has 0 radical (unpaired) electrons. The van der Waals surface area contributed by atoms with Gasteiger partial charge in [0, 0.05) is 5.75 Å². The molecule has 2 rings (SSSR count). The molecule has 3 nitrogen and oxygen atoms in total. The predicted molar refractivity (Wildman–Crippen MR) is 83.9 cm³/mol. The minimum absolute atomic E-state index is 0.341. The quantitative estimate of drug-likeness (QED) is 0.741. The summed E-state index contributed by atoms with van der Waals surface area (Å²) in [6.45, 7) is 0. The Morgan fingerprint density at radius 2 is 1.45 bits per heavy atom. The molecule has 0 fully saturated rings. The van der Waals surface area contributed by atoms with Crippen molar-refractivity contribution in [2.75, 3.05) is 0 Å². The van der Waals surface area contributed by atoms with Gasteiger partial charge in [-0.25, -0.2) is 0 Å². The topological polar surface area (TPSA) is 63.3 Å². The Morgan fingerprint density at radius 3 is 1.85 bits per heavy atom. The zero-order valence-corrected chi connectivity index (χ0v) is 11.9. The van der Waals surface area contributed by atoms with E-state index in [4.69, 9.17) is 10.8 Å². The lowest BCUT2D eigenvalue weighted by molar-refractivity contribution is -0.138. The van der Waals surface area contributed by atoms with Gasteiger partial charge in [0.25, 0.3) is 0 Å². The van der Waals surface area contributed by atoms with Crippen molar-refractivity contribution in [2.45, 2.75) is 18.2 Å². The zero-order chi connectivity index (χ0) is 14.5. The Morgan fingerprint density at radius 1 is 1.00 bits per heavy atom. The molecule has 1 atom stereocenters. The van der Waals surface area contributed by atoms with Gasteiger partial charge in [-0.05, 0) is 28.7 Å². The number of rotatable bonds is 5. The maximum Gasteiger partial charge on any atom is 0.320 e. The molecule has 0 amide bonds. The van der Waals surface area contributed by atoms with E-state index in [1.54, 1.807) is 0 Å². The van der Waals surface area contributed by atoms with E-state index < -0.39 is 12.0 Å². The predicted octanol–water partition coefficient (Wildman–Crippen LogP) is 2.74. The normalized spacial score (nSPS) is 12.1. The van der Waals surface area contributed by atoms with Gasteiger partial charge in [-0.2, -0.15) is 12.6 Å². The van der Waals surface area contributed by atoms with E-state index in [-0.39, 0.29) is 0 Å². The maximum atomic E-state index is 10.7. The van der Waals surface area contributed by atoms with Crippen LogP contribution < -0.4 is 5.73 Å². The van der Waals surface area contributed by atoms with Crippen LogP contribution in [-0.2, 0) is 17.0 Å². The Bertz CT molecular complexity index is 578. The Hall–Kier alpha value is -1.78. The van der Waals surface area contributed by atoms with Gasteiger partial charge in [0.1, 0.15) is 6.04 Å². The second-order valence-electron chi connectivity index (χ2n) is 4.70. The first-order valence-corrected chi connectivity index (χ1v) is 7.01. The van der Waals surface area contributed by atoms with Crippen molar-refractivity contribution < 1.29 is 9.90 Å². The van der Waals surface area contributed by atoms with Gasteiger partial charge in [-0.3, -0.25) is 4.79 Å². The monoisotopic (exact) mass is 287 g/mol. The average Bonchev–Trinajstić information content (AvgIpc) is 2.48. The highest BCUT2D eigenvalue weighted by Crippen LogP contribution is 2.21. The molecule has 104 valence electrons. The third-order valence-electron chi connectivity index (χ3n) is 3.20. The Balaban J connectivity index is 2.12. The first-order valence-electron chi connectivity index (χ1n) is 6.37. The van der Waals surface area contributed by atoms with Crippen LogP contribution in [0.15, 0.2) is 48.5 Å². The number of thiol groups is 1. The number of carboxylic acid groups (broad SMARTS) is 1. The molecule has 4 heteroatoms. The molecule has 0 saturated heterocycles. The van der Waals surface area contributed by atoms with Crippen LogP contribution in [0, 0.1) is 0 Å². The Kier molecular flexibility index (Phi) is 4.82. The van der Waals surface area contributed by atoms with Gasteiger partial charge < -0.3 is 10.8 Å². The van der Waals surface area contributed by atoms with Crippen molar-refractivity contribution in [3.8, 4) is 11.1 Å². The second kappa shape index (κ2) is 6.59. The number of benzene rings is 2. The van der Waals surface area contributed by atoms with Gasteiger partial charge in [0.2, 0.25) is 0 Å². The summed E-state index contributed by atoms with van der Waals surface area (Å²) < 4.78 is 0. The molecule has 3 N–H and O–H groups in total. The van der Waals surface area contributed by atoms with E-state index in [2.05, 4.69) is 36.9 Å². The number of carboxylic acids is 1. The standard InChI is InChI=1S/C16H17NO2S/c17-15(16(18)19)9-11-1-5-13(6-2-11)14-7-3-12(10-20)4-8-14/h1-8,15,20H,9-10,17H2,(H,18,19). The smallest absolute Gasteiger partial charge is 0.320 e. The summed E-state index contributed by atoms with van der Waals surface area (Å²) in [6.07, 6.45) is 0.341. The van der Waals surface area contributed by atoms with Crippen molar-refractivity contribution in [2.24, 2.45) is 5.73 Å². The number of aliphatic carboxylic acids is 1. The van der Waals surface area contributed by atoms with Crippen LogP contribution in [0.2, 0.25) is 0 Å². The van der Waals surface area contributed by atoms with Crippen molar-refractivity contribution in [1.29, 1.82) is 0 Å². The highest BCUT2D eigenvalue weighted by molar-refractivity contribution is 7.79. The molecule has 0 aliphatic heterocycles. The van der Waals surface area contributed by atoms with E-state index in [9.17, 15) is 4.79 Å². The summed E-state index contributed by atoms with van der Waals surface area (Å²) in [7, 11) is 0. The summed E-state index contributed by atoms with van der Waals surface area (Å²) >= 11 is 4.23. The van der Waals surface area contributed by atoms with Crippen LogP contribution in [0.5, 0.6) is 0 Å². The fourth-order valence-corrected chi connectivity index (χ4v) is 2.19. The minimum Gasteiger partial charge on any atom is -0.480 e. The van der Waals surface area contributed by atoms with Crippen molar-refractivity contribution in [1.82, 2.24) is 0 Å². The molecule has 0 saturated carbocycles. The summed E-state index contributed by atoms with van der Waals surface area (Å²) in [5.41, 5.74) is 9.86. The van der Waals surface area contributed by atoms with Gasteiger partial charge >= 0.3 is 5.97 Å². The summed E-state index contributed by atoms with van der Waals surface area (Å²) in [4.78, 5) is 10.7. The van der Waals surface area contributed by atoms with Crippen LogP contribution in [0.25, 0.3) is 11.1 Å². The van der Waals surface area contributed by atoms with Gasteiger partial charge in [-0.1, -0.05) is 48.5 Å². The molecule has 0 spiro atoms. The van der Waals surface area contributed by atoms with Crippen molar-refractivity contribution in [3.05, 3.63) is 59.7 Å². The van der Waals surface area contributed by atoms with Gasteiger partial charge in [0.05, 0.1) is 0 Å². The highest BCUT2D eigenvalue weighted by atomic mass is 32.1. The van der Waals surface area contributed by atoms with Gasteiger partial charge in [-0.15, -0.1) is 0 Å². The van der Waals surface area contributed by atoms with Crippen LogP contribution in [0.3, 0.4) is 0 Å². The van der Waals surface area contributed by atoms with Crippen LogP contribution >= 0.6 is 12.6 Å². The molecular formula is C16H17NO2S. The van der Waals surface area contributed by atoms with E-state index >= 15 is 0 Å². The van der Waals surface area contributed by atoms with E-state index in [1.807, 2.05) is 24.3 Å². The third-order valence-corrected chi connectivity index (χ3v) is 3.56. The molecule has 1 unspecified atom stereocenters. The molecule has 0 aliphatic carbocycles. The highest BCUT2D eigenvalue weighted by Gasteiger charge is 2.11. The van der Waals surface area contributed by atoms with Crippen LogP contribution in [0.4, 0.5) is 0 Å². The lowest BCUT2D eigenvalue weighted by Crippen LogP contribution is -2.32. The summed E-state index contributed by atoms with van der Waals surface area (Å²) in [5, 5.41) is 8.79. The zero-order valence-electron chi connectivity index (χ0n) is 11.0. The molecule has 20 heavy (non-hydrogen) atoms. The molecule has 2 aromatic rings. The van der Waals surface area contributed by atoms with Crippen molar-refractivity contribution in [3.63, 3.8) is 0 Å². The molecule has 0 heterocycles. The lowest BCUT2D eigenvalue weighted by Gasteiger charge is -2.08. The fourth-order valence-electron chi connectivity index (χ4n) is 1.98. The SMILES string of the molecule is NC(Cc1ccc(-c2ccc(CS)cc2)cc1)C(=O)O. The molecule has 0 aliphatic rings. The van der Waals surface area contributed by atoms with E-state index in [1.165, 1.54) is 5.56 Å².